The molecule has 4 bridgehead atoms. The second-order valence-electron chi connectivity index (χ2n) is 4.30. The van der Waals surface area contributed by atoms with Gasteiger partial charge >= 0.3 is 5.97 Å². The van der Waals surface area contributed by atoms with E-state index in [9.17, 15) is 10.0 Å². The van der Waals surface area contributed by atoms with Crippen LogP contribution in [0.5, 0.6) is 0 Å². The minimum Gasteiger partial charge on any atom is -0.629 e. The molecule has 7 heteroatoms. The van der Waals surface area contributed by atoms with Crippen LogP contribution in [0.3, 0.4) is 0 Å². The Bertz CT molecular complexity index is 283. The predicted octanol–water partition coefficient (Wildman–Crippen LogP) is -1.55. The van der Waals surface area contributed by atoms with E-state index in [0.717, 1.165) is 6.67 Å². The summed E-state index contributed by atoms with van der Waals surface area (Å²) in [7, 11) is 0. The molecule has 0 aromatic heterocycles. The van der Waals surface area contributed by atoms with Crippen LogP contribution in [0.15, 0.2) is 0 Å². The van der Waals surface area contributed by atoms with Gasteiger partial charge in [-0.05, 0) is 0 Å². The zero-order chi connectivity index (χ0) is 9.92. The van der Waals surface area contributed by atoms with Crippen molar-refractivity contribution in [2.24, 2.45) is 0 Å². The van der Waals surface area contributed by atoms with Crippen LogP contribution in [0.2, 0.25) is 0 Å². The van der Waals surface area contributed by atoms with Gasteiger partial charge in [0.1, 0.15) is 13.3 Å². The van der Waals surface area contributed by atoms with Gasteiger partial charge in [-0.2, -0.15) is 0 Å². The molecule has 0 saturated carbocycles. The molecule has 4 aliphatic heterocycles. The number of hydroxylamine groups is 3. The molecule has 0 aliphatic carbocycles. The average Bonchev–Trinajstić information content (AvgIpc) is 1.97. The van der Waals surface area contributed by atoms with Crippen molar-refractivity contribution in [3.05, 3.63) is 5.21 Å². The summed E-state index contributed by atoms with van der Waals surface area (Å²) in [6, 6.07) is 0. The Kier molecular flexibility index (Phi) is 1.49. The summed E-state index contributed by atoms with van der Waals surface area (Å²) in [5.41, 5.74) is 0. The van der Waals surface area contributed by atoms with E-state index < -0.39 is 16.8 Å². The topological polar surface area (TPSA) is 70.1 Å². The molecular formula is C7H12N4O3. The quantitative estimate of drug-likeness (QED) is 0.408. The number of hydrogen-bond acceptors (Lipinski definition) is 5. The van der Waals surface area contributed by atoms with E-state index in [1.165, 1.54) is 0 Å². The highest BCUT2D eigenvalue weighted by Gasteiger charge is 2.54. The normalized spacial score (nSPS) is 54.9. The number of carbonyl (C=O) groups is 1. The Morgan fingerprint density at radius 3 is 2.29 bits per heavy atom. The van der Waals surface area contributed by atoms with Gasteiger partial charge in [-0.15, -0.1) is 0 Å². The molecule has 0 aromatic rings. The van der Waals surface area contributed by atoms with Crippen LogP contribution in [0.1, 0.15) is 0 Å². The first-order valence-electron chi connectivity index (χ1n) is 4.58. The molecule has 3 unspecified atom stereocenters. The second kappa shape index (κ2) is 2.44. The number of carboxylic acid groups (broad SMARTS) is 1. The molecule has 4 saturated heterocycles. The third kappa shape index (κ3) is 0.956. The average molecular weight is 200 g/mol. The molecule has 4 aliphatic rings. The molecule has 0 aromatic carbocycles. The van der Waals surface area contributed by atoms with Gasteiger partial charge in [-0.3, -0.25) is 0 Å². The van der Waals surface area contributed by atoms with Crippen molar-refractivity contribution < 1.29 is 14.5 Å². The Morgan fingerprint density at radius 2 is 1.86 bits per heavy atom. The Hall–Kier alpha value is -0.730. The number of rotatable bonds is 1. The molecule has 0 spiro atoms. The maximum absolute atomic E-state index is 12.2. The van der Waals surface area contributed by atoms with Crippen LogP contribution in [-0.2, 0) is 4.79 Å². The van der Waals surface area contributed by atoms with Crippen LogP contribution >= 0.6 is 0 Å². The Labute approximate surface area is 80.9 Å². The highest BCUT2D eigenvalue weighted by molar-refractivity contribution is 5.72. The SMILES string of the molecule is O=C(O)C1N2CN3CN(C2)C[N+]1([O-])C3. The number of nitrogens with zero attached hydrogens (tertiary/aromatic N) is 4. The summed E-state index contributed by atoms with van der Waals surface area (Å²) in [5.74, 6) is -0.999. The fourth-order valence-corrected chi connectivity index (χ4v) is 2.80. The lowest BCUT2D eigenvalue weighted by Crippen LogP contribution is -2.82. The van der Waals surface area contributed by atoms with Crippen LogP contribution in [0, 0.1) is 5.21 Å². The van der Waals surface area contributed by atoms with Crippen molar-refractivity contribution in [3.63, 3.8) is 0 Å². The zero-order valence-electron chi connectivity index (χ0n) is 7.67. The van der Waals surface area contributed by atoms with Gasteiger partial charge in [0, 0.05) is 0 Å². The van der Waals surface area contributed by atoms with Crippen LogP contribution in [-0.4, -0.2) is 69.9 Å². The third-order valence-electron chi connectivity index (χ3n) is 3.05. The minimum absolute atomic E-state index is 0.309. The molecule has 14 heavy (non-hydrogen) atoms. The largest absolute Gasteiger partial charge is 0.629 e. The lowest BCUT2D eigenvalue weighted by atomic mass is 10.2. The second-order valence-corrected chi connectivity index (χ2v) is 4.30. The minimum atomic E-state index is -0.999. The van der Waals surface area contributed by atoms with Gasteiger partial charge in [0.05, 0.1) is 20.0 Å². The highest BCUT2D eigenvalue weighted by Crippen LogP contribution is 2.32. The molecular weight excluding hydrogens is 188 g/mol. The van der Waals surface area contributed by atoms with Gasteiger partial charge in [0.15, 0.2) is 0 Å². The molecule has 3 atom stereocenters. The summed E-state index contributed by atoms with van der Waals surface area (Å²) in [5, 5.41) is 21.2. The van der Waals surface area contributed by atoms with E-state index in [0.29, 0.717) is 26.7 Å². The van der Waals surface area contributed by atoms with Crippen LogP contribution in [0.25, 0.3) is 0 Å². The van der Waals surface area contributed by atoms with Crippen molar-refractivity contribution >= 4 is 5.97 Å². The summed E-state index contributed by atoms with van der Waals surface area (Å²) < 4.78 is -0.644. The standard InChI is InChI=1S/C7H12N4O3/c12-7(13)6-10-2-8-1-9(3-10)5-11(6,14)4-8/h6H,1-5H2,(H,12,13). The smallest absolute Gasteiger partial charge is 0.379 e. The van der Waals surface area contributed by atoms with Gasteiger partial charge in [0.25, 0.3) is 0 Å². The highest BCUT2D eigenvalue weighted by atomic mass is 16.6. The first kappa shape index (κ1) is 8.57. The first-order valence-corrected chi connectivity index (χ1v) is 4.58. The van der Waals surface area contributed by atoms with E-state index in [1.54, 1.807) is 4.90 Å². The van der Waals surface area contributed by atoms with E-state index >= 15 is 0 Å². The van der Waals surface area contributed by atoms with Crippen molar-refractivity contribution in [2.75, 3.05) is 33.3 Å². The van der Waals surface area contributed by atoms with Crippen LogP contribution in [0.4, 0.5) is 0 Å². The number of quaternary nitrogens is 1. The van der Waals surface area contributed by atoms with E-state index in [-0.39, 0.29) is 0 Å². The lowest BCUT2D eigenvalue weighted by molar-refractivity contribution is -0.955. The fraction of sp³-hybridized carbons (Fsp3) is 0.857. The lowest BCUT2D eigenvalue weighted by Gasteiger charge is -2.65. The zero-order valence-corrected chi connectivity index (χ0v) is 7.67. The number of carboxylic acids is 1. The molecule has 4 heterocycles. The maximum Gasteiger partial charge on any atom is 0.379 e. The van der Waals surface area contributed by atoms with E-state index in [2.05, 4.69) is 0 Å². The van der Waals surface area contributed by atoms with Gasteiger partial charge in [-0.25, -0.2) is 19.5 Å². The Balaban J connectivity index is 1.97. The number of aliphatic carboxylic acids is 1. The third-order valence-corrected chi connectivity index (χ3v) is 3.05. The predicted molar refractivity (Wildman–Crippen MR) is 44.9 cm³/mol. The monoisotopic (exact) mass is 200 g/mol. The van der Waals surface area contributed by atoms with Crippen molar-refractivity contribution in [1.82, 2.24) is 14.7 Å². The summed E-state index contributed by atoms with van der Waals surface area (Å²) >= 11 is 0. The molecule has 1 N–H and O–H groups in total. The van der Waals surface area contributed by atoms with Gasteiger partial charge in [0.2, 0.25) is 6.17 Å². The van der Waals surface area contributed by atoms with Crippen LogP contribution < -0.4 is 0 Å². The molecule has 4 fully saturated rings. The molecule has 7 nitrogen and oxygen atoms in total. The Morgan fingerprint density at radius 1 is 1.29 bits per heavy atom. The molecule has 0 amide bonds. The molecule has 78 valence electrons. The van der Waals surface area contributed by atoms with Crippen molar-refractivity contribution in [1.29, 1.82) is 0 Å². The van der Waals surface area contributed by atoms with E-state index in [4.69, 9.17) is 5.11 Å². The first-order chi connectivity index (χ1) is 6.58. The summed E-state index contributed by atoms with van der Waals surface area (Å²) in [4.78, 5) is 16.7. The summed E-state index contributed by atoms with van der Waals surface area (Å²) in [6.45, 7) is 2.63. The summed E-state index contributed by atoms with van der Waals surface area (Å²) in [6.07, 6.45) is -0.900. The fourth-order valence-electron chi connectivity index (χ4n) is 2.80. The molecule has 0 radical (unpaired) electrons. The van der Waals surface area contributed by atoms with Gasteiger partial charge < -0.3 is 15.0 Å². The number of hydrogen-bond donors (Lipinski definition) is 1. The maximum atomic E-state index is 12.2. The van der Waals surface area contributed by atoms with Crippen molar-refractivity contribution in [2.45, 2.75) is 6.17 Å². The van der Waals surface area contributed by atoms with Gasteiger partial charge in [-0.1, -0.05) is 0 Å². The molecule has 4 rings (SSSR count). The van der Waals surface area contributed by atoms with Crippen molar-refractivity contribution in [3.8, 4) is 0 Å². The van der Waals surface area contributed by atoms with E-state index in [1.807, 2.05) is 9.80 Å².